The summed E-state index contributed by atoms with van der Waals surface area (Å²) in [5.41, 5.74) is 0.238. The lowest BCUT2D eigenvalue weighted by Crippen LogP contribution is -2.12. The van der Waals surface area contributed by atoms with E-state index in [9.17, 15) is 4.79 Å². The maximum atomic E-state index is 11.0. The summed E-state index contributed by atoms with van der Waals surface area (Å²) < 4.78 is 0. The van der Waals surface area contributed by atoms with Crippen LogP contribution in [0.5, 0.6) is 0 Å². The molecule has 1 aromatic rings. The smallest absolute Gasteiger partial charge is 0.285 e. The van der Waals surface area contributed by atoms with E-state index in [-0.39, 0.29) is 10.6 Å². The Hall–Kier alpha value is -1.03. The van der Waals surface area contributed by atoms with Gasteiger partial charge in [-0.25, -0.2) is 5.10 Å². The zero-order chi connectivity index (χ0) is 9.68. The van der Waals surface area contributed by atoms with E-state index in [1.807, 2.05) is 0 Å². The highest BCUT2D eigenvalue weighted by Gasteiger charge is 2.02. The molecular formula is C8H12ClN3O. The molecule has 0 amide bonds. The lowest BCUT2D eigenvalue weighted by atomic mass is 10.3. The van der Waals surface area contributed by atoms with Crippen LogP contribution >= 0.6 is 11.6 Å². The van der Waals surface area contributed by atoms with Crippen molar-refractivity contribution in [1.82, 2.24) is 10.2 Å². The third kappa shape index (κ3) is 2.73. The Kier molecular flexibility index (Phi) is 3.76. The number of aromatic amines is 1. The Bertz CT molecular complexity index is 323. The molecule has 0 fully saturated rings. The van der Waals surface area contributed by atoms with Crippen LogP contribution < -0.4 is 10.9 Å². The Labute approximate surface area is 81.3 Å². The van der Waals surface area contributed by atoms with E-state index in [0.717, 1.165) is 19.4 Å². The maximum absolute atomic E-state index is 11.0. The summed E-state index contributed by atoms with van der Waals surface area (Å²) in [6.45, 7) is 2.90. The monoisotopic (exact) mass is 201 g/mol. The van der Waals surface area contributed by atoms with Crippen molar-refractivity contribution in [3.05, 3.63) is 21.6 Å². The molecule has 13 heavy (non-hydrogen) atoms. The van der Waals surface area contributed by atoms with Crippen molar-refractivity contribution in [2.75, 3.05) is 11.9 Å². The number of nitrogens with zero attached hydrogens (tertiary/aromatic N) is 1. The van der Waals surface area contributed by atoms with Gasteiger partial charge in [-0.15, -0.1) is 0 Å². The van der Waals surface area contributed by atoms with Crippen LogP contribution in [0.4, 0.5) is 5.69 Å². The molecule has 0 radical (unpaired) electrons. The summed E-state index contributed by atoms with van der Waals surface area (Å²) in [5, 5.41) is 9.10. The molecule has 0 aliphatic carbocycles. The molecular weight excluding hydrogens is 190 g/mol. The van der Waals surface area contributed by atoms with Crippen LogP contribution in [0, 0.1) is 0 Å². The third-order valence-corrected chi connectivity index (χ3v) is 2.02. The number of aromatic nitrogens is 2. The zero-order valence-corrected chi connectivity index (χ0v) is 8.19. The number of unbranched alkanes of at least 4 members (excludes halogenated alkanes) is 1. The normalized spacial score (nSPS) is 10.0. The summed E-state index contributed by atoms with van der Waals surface area (Å²) >= 11 is 5.73. The molecule has 0 aliphatic heterocycles. The van der Waals surface area contributed by atoms with Crippen LogP contribution in [-0.4, -0.2) is 16.7 Å². The molecule has 0 saturated heterocycles. The number of hydrogen-bond donors (Lipinski definition) is 2. The largest absolute Gasteiger partial charge is 0.382 e. The number of hydrogen-bond acceptors (Lipinski definition) is 3. The van der Waals surface area contributed by atoms with Gasteiger partial charge in [0.2, 0.25) is 0 Å². The summed E-state index contributed by atoms with van der Waals surface area (Å²) in [5.74, 6) is 0. The number of halogens is 1. The van der Waals surface area contributed by atoms with Gasteiger partial charge in [0.1, 0.15) is 5.02 Å². The molecule has 1 rings (SSSR count). The molecule has 2 N–H and O–H groups in total. The summed E-state index contributed by atoms with van der Waals surface area (Å²) in [6, 6.07) is 0. The first-order valence-corrected chi connectivity index (χ1v) is 4.60. The lowest BCUT2D eigenvalue weighted by Gasteiger charge is -2.04. The quantitative estimate of drug-likeness (QED) is 0.729. The van der Waals surface area contributed by atoms with E-state index in [0.29, 0.717) is 5.69 Å². The van der Waals surface area contributed by atoms with Gasteiger partial charge in [0, 0.05) is 6.54 Å². The van der Waals surface area contributed by atoms with Gasteiger partial charge < -0.3 is 5.32 Å². The minimum absolute atomic E-state index is 0.172. The predicted octanol–water partition coefficient (Wildman–Crippen LogP) is 1.64. The van der Waals surface area contributed by atoms with Crippen LogP contribution in [0.1, 0.15) is 19.8 Å². The Balaban J connectivity index is 2.66. The fourth-order valence-corrected chi connectivity index (χ4v) is 1.06. The molecule has 0 atom stereocenters. The minimum Gasteiger partial charge on any atom is -0.382 e. The van der Waals surface area contributed by atoms with Gasteiger partial charge in [-0.1, -0.05) is 24.9 Å². The molecule has 1 aromatic heterocycles. The van der Waals surface area contributed by atoms with E-state index in [1.54, 1.807) is 0 Å². The number of rotatable bonds is 4. The second kappa shape index (κ2) is 4.87. The van der Waals surface area contributed by atoms with Crippen molar-refractivity contribution < 1.29 is 0 Å². The first kappa shape index (κ1) is 10.1. The zero-order valence-electron chi connectivity index (χ0n) is 7.43. The van der Waals surface area contributed by atoms with Gasteiger partial charge in [0.25, 0.3) is 5.56 Å². The third-order valence-electron chi connectivity index (χ3n) is 1.64. The topological polar surface area (TPSA) is 57.8 Å². The average molecular weight is 202 g/mol. The van der Waals surface area contributed by atoms with Crippen LogP contribution in [0.2, 0.25) is 5.02 Å². The first-order valence-electron chi connectivity index (χ1n) is 4.22. The van der Waals surface area contributed by atoms with Gasteiger partial charge in [-0.05, 0) is 6.42 Å². The van der Waals surface area contributed by atoms with Crippen LogP contribution in [-0.2, 0) is 0 Å². The Morgan fingerprint density at radius 2 is 2.46 bits per heavy atom. The van der Waals surface area contributed by atoms with Crippen molar-refractivity contribution >= 4 is 17.3 Å². The van der Waals surface area contributed by atoms with Gasteiger partial charge in [0.05, 0.1) is 11.9 Å². The fourth-order valence-electron chi connectivity index (χ4n) is 0.907. The number of nitrogens with one attached hydrogen (secondary N) is 2. The fraction of sp³-hybridized carbons (Fsp3) is 0.500. The molecule has 0 spiro atoms. The van der Waals surface area contributed by atoms with Gasteiger partial charge in [-0.3, -0.25) is 4.79 Å². The SMILES string of the molecule is CCCCNc1cn[nH]c(=O)c1Cl. The molecule has 1 heterocycles. The number of anilines is 1. The standard InChI is InChI=1S/C8H12ClN3O/c1-2-3-4-10-6-5-11-12-8(13)7(6)9/h5H,2-4H2,1H3,(H2,10,12,13). The van der Waals surface area contributed by atoms with Crippen LogP contribution in [0.3, 0.4) is 0 Å². The molecule has 4 nitrogen and oxygen atoms in total. The highest BCUT2D eigenvalue weighted by Crippen LogP contribution is 2.13. The molecule has 0 aromatic carbocycles. The van der Waals surface area contributed by atoms with E-state index in [4.69, 9.17) is 11.6 Å². The minimum atomic E-state index is -0.358. The Morgan fingerprint density at radius 3 is 3.15 bits per heavy atom. The van der Waals surface area contributed by atoms with E-state index in [2.05, 4.69) is 22.4 Å². The van der Waals surface area contributed by atoms with E-state index >= 15 is 0 Å². The maximum Gasteiger partial charge on any atom is 0.285 e. The van der Waals surface area contributed by atoms with Crippen molar-refractivity contribution in [1.29, 1.82) is 0 Å². The molecule has 5 heteroatoms. The molecule has 0 bridgehead atoms. The molecule has 0 unspecified atom stereocenters. The molecule has 72 valence electrons. The van der Waals surface area contributed by atoms with Gasteiger partial charge in [-0.2, -0.15) is 5.10 Å². The summed E-state index contributed by atoms with van der Waals surface area (Å²) in [4.78, 5) is 11.0. The second-order valence-electron chi connectivity index (χ2n) is 2.71. The van der Waals surface area contributed by atoms with Crippen molar-refractivity contribution in [3.8, 4) is 0 Å². The van der Waals surface area contributed by atoms with Crippen molar-refractivity contribution in [2.24, 2.45) is 0 Å². The van der Waals surface area contributed by atoms with E-state index in [1.165, 1.54) is 6.20 Å². The van der Waals surface area contributed by atoms with Crippen LogP contribution in [0.15, 0.2) is 11.0 Å². The highest BCUT2D eigenvalue weighted by molar-refractivity contribution is 6.32. The predicted molar refractivity (Wildman–Crippen MR) is 53.3 cm³/mol. The number of H-pyrrole nitrogens is 1. The van der Waals surface area contributed by atoms with E-state index < -0.39 is 0 Å². The Morgan fingerprint density at radius 1 is 1.69 bits per heavy atom. The highest BCUT2D eigenvalue weighted by atomic mass is 35.5. The second-order valence-corrected chi connectivity index (χ2v) is 3.09. The summed E-state index contributed by atoms with van der Waals surface area (Å²) in [6.07, 6.45) is 3.66. The first-order chi connectivity index (χ1) is 6.25. The van der Waals surface area contributed by atoms with Gasteiger partial charge in [0.15, 0.2) is 0 Å². The van der Waals surface area contributed by atoms with Crippen LogP contribution in [0.25, 0.3) is 0 Å². The summed E-state index contributed by atoms with van der Waals surface area (Å²) in [7, 11) is 0. The van der Waals surface area contributed by atoms with Crippen molar-refractivity contribution in [2.45, 2.75) is 19.8 Å². The average Bonchev–Trinajstić information content (AvgIpc) is 2.13. The van der Waals surface area contributed by atoms with Crippen molar-refractivity contribution in [3.63, 3.8) is 0 Å². The lowest BCUT2D eigenvalue weighted by molar-refractivity contribution is 0.832. The van der Waals surface area contributed by atoms with Gasteiger partial charge >= 0.3 is 0 Å². The molecule has 0 aliphatic rings. The molecule has 0 saturated carbocycles.